The van der Waals surface area contributed by atoms with Crippen LogP contribution in [0, 0.1) is 5.92 Å². The van der Waals surface area contributed by atoms with Gasteiger partial charge >= 0.3 is 0 Å². The number of carbonyl (C=O) groups excluding carboxylic acids is 1. The van der Waals surface area contributed by atoms with E-state index >= 15 is 0 Å². The molecule has 2 unspecified atom stereocenters. The number of nitrogens with one attached hydrogen (secondary N) is 1. The predicted molar refractivity (Wildman–Crippen MR) is 69.7 cm³/mol. The van der Waals surface area contributed by atoms with Gasteiger partial charge in [0.25, 0.3) is 5.91 Å². The van der Waals surface area contributed by atoms with Crippen molar-refractivity contribution >= 4 is 21.8 Å². The number of halogens is 1. The normalized spacial score (nSPS) is 14.1. The van der Waals surface area contributed by atoms with Gasteiger partial charge in [0.2, 0.25) is 0 Å². The Bertz CT molecular complexity index is 383. The average Bonchev–Trinajstić information content (AvgIpc) is 2.25. The molecule has 0 saturated carbocycles. The summed E-state index contributed by atoms with van der Waals surface area (Å²) >= 11 is 3.27. The maximum absolute atomic E-state index is 11.8. The van der Waals surface area contributed by atoms with Crippen LogP contribution in [-0.4, -0.2) is 28.6 Å². The van der Waals surface area contributed by atoms with E-state index in [9.17, 15) is 9.90 Å². The third kappa shape index (κ3) is 5.28. The number of hydrogen-bond acceptors (Lipinski definition) is 3. The molecule has 0 aliphatic rings. The summed E-state index contributed by atoms with van der Waals surface area (Å²) in [5, 5.41) is 12.0. The Morgan fingerprint density at radius 1 is 1.53 bits per heavy atom. The maximum Gasteiger partial charge on any atom is 0.252 e. The molecule has 94 valence electrons. The van der Waals surface area contributed by atoms with Gasteiger partial charge < -0.3 is 10.4 Å². The molecule has 0 fully saturated rings. The van der Waals surface area contributed by atoms with Gasteiger partial charge in [0, 0.05) is 23.4 Å². The molecule has 2 atom stereocenters. The monoisotopic (exact) mass is 300 g/mol. The van der Waals surface area contributed by atoms with Crippen molar-refractivity contribution in [2.45, 2.75) is 26.4 Å². The lowest BCUT2D eigenvalue weighted by atomic mass is 10.0. The molecule has 1 amide bonds. The molecule has 5 heteroatoms. The first-order valence-electron chi connectivity index (χ1n) is 5.56. The second-order valence-corrected chi connectivity index (χ2v) is 5.21. The van der Waals surface area contributed by atoms with Crippen LogP contribution in [0.1, 0.15) is 30.6 Å². The van der Waals surface area contributed by atoms with E-state index < -0.39 is 0 Å². The molecule has 0 aromatic carbocycles. The van der Waals surface area contributed by atoms with E-state index in [-0.39, 0.29) is 17.9 Å². The third-order valence-electron chi connectivity index (χ3n) is 2.32. The Kier molecular flexibility index (Phi) is 5.58. The van der Waals surface area contributed by atoms with Crippen molar-refractivity contribution in [2.75, 3.05) is 6.54 Å². The van der Waals surface area contributed by atoms with E-state index in [1.807, 2.05) is 6.92 Å². The molecule has 1 rings (SSSR count). The van der Waals surface area contributed by atoms with Crippen molar-refractivity contribution < 1.29 is 9.90 Å². The van der Waals surface area contributed by atoms with Gasteiger partial charge in [0.05, 0.1) is 11.7 Å². The number of aromatic nitrogens is 1. The maximum atomic E-state index is 11.8. The van der Waals surface area contributed by atoms with E-state index in [4.69, 9.17) is 0 Å². The van der Waals surface area contributed by atoms with Crippen molar-refractivity contribution in [1.29, 1.82) is 0 Å². The molecule has 0 spiro atoms. The quantitative estimate of drug-likeness (QED) is 0.874. The molecule has 0 saturated heterocycles. The fourth-order valence-corrected chi connectivity index (χ4v) is 1.94. The number of carbonyl (C=O) groups is 1. The summed E-state index contributed by atoms with van der Waals surface area (Å²) in [6, 6.07) is 1.72. The molecule has 17 heavy (non-hydrogen) atoms. The zero-order valence-corrected chi connectivity index (χ0v) is 11.6. The number of hydrogen-bond donors (Lipinski definition) is 2. The Labute approximate surface area is 110 Å². The summed E-state index contributed by atoms with van der Waals surface area (Å²) in [5.74, 6) is 0.107. The predicted octanol–water partition coefficient (Wildman–Crippen LogP) is 1.98. The second kappa shape index (κ2) is 6.71. The van der Waals surface area contributed by atoms with Crippen LogP contribution in [0.15, 0.2) is 22.9 Å². The number of amides is 1. The van der Waals surface area contributed by atoms with Crippen molar-refractivity contribution in [3.05, 3.63) is 28.5 Å². The largest absolute Gasteiger partial charge is 0.393 e. The van der Waals surface area contributed by atoms with Crippen LogP contribution >= 0.6 is 15.9 Å². The summed E-state index contributed by atoms with van der Waals surface area (Å²) < 4.78 is 0.780. The molecule has 1 aromatic rings. The molecule has 1 aromatic heterocycles. The van der Waals surface area contributed by atoms with Crippen LogP contribution in [-0.2, 0) is 0 Å². The third-order valence-corrected chi connectivity index (χ3v) is 2.76. The second-order valence-electron chi connectivity index (χ2n) is 4.29. The number of aliphatic hydroxyl groups is 1. The van der Waals surface area contributed by atoms with Gasteiger partial charge in [-0.25, -0.2) is 0 Å². The lowest BCUT2D eigenvalue weighted by Gasteiger charge is -2.14. The van der Waals surface area contributed by atoms with E-state index in [2.05, 4.69) is 26.2 Å². The Morgan fingerprint density at radius 2 is 2.24 bits per heavy atom. The Morgan fingerprint density at radius 3 is 2.82 bits per heavy atom. The van der Waals surface area contributed by atoms with Gasteiger partial charge in [-0.1, -0.05) is 6.92 Å². The zero-order chi connectivity index (χ0) is 12.8. The summed E-state index contributed by atoms with van der Waals surface area (Å²) in [6.45, 7) is 4.29. The average molecular weight is 301 g/mol. The van der Waals surface area contributed by atoms with E-state index in [1.165, 1.54) is 6.20 Å². The topological polar surface area (TPSA) is 62.2 Å². The summed E-state index contributed by atoms with van der Waals surface area (Å²) in [5.41, 5.74) is 0.531. The lowest BCUT2D eigenvalue weighted by Crippen LogP contribution is -2.29. The Hall–Kier alpha value is -0.940. The van der Waals surface area contributed by atoms with E-state index in [1.54, 1.807) is 19.2 Å². The number of aliphatic hydroxyl groups excluding tert-OH is 1. The molecule has 1 heterocycles. The number of pyridine rings is 1. The molecule has 0 bridgehead atoms. The molecular formula is C12H17BrN2O2. The minimum Gasteiger partial charge on any atom is -0.393 e. The van der Waals surface area contributed by atoms with Crippen molar-refractivity contribution in [3.63, 3.8) is 0 Å². The SMILES string of the molecule is CC(O)CC(C)CNC(=O)c1cncc(Br)c1. The van der Waals surface area contributed by atoms with Gasteiger partial charge in [0.15, 0.2) is 0 Å². The van der Waals surface area contributed by atoms with Crippen LogP contribution in [0.5, 0.6) is 0 Å². The minimum absolute atomic E-state index is 0.142. The highest BCUT2D eigenvalue weighted by Gasteiger charge is 2.10. The smallest absolute Gasteiger partial charge is 0.252 e. The van der Waals surface area contributed by atoms with Crippen molar-refractivity contribution in [2.24, 2.45) is 5.92 Å². The first-order chi connectivity index (χ1) is 7.99. The van der Waals surface area contributed by atoms with Crippen LogP contribution in [0.3, 0.4) is 0 Å². The van der Waals surface area contributed by atoms with Gasteiger partial charge in [0.1, 0.15) is 0 Å². The Balaban J connectivity index is 2.45. The highest BCUT2D eigenvalue weighted by Crippen LogP contribution is 2.10. The lowest BCUT2D eigenvalue weighted by molar-refractivity contribution is 0.0939. The molecule has 0 aliphatic heterocycles. The minimum atomic E-state index is -0.338. The number of nitrogens with zero attached hydrogens (tertiary/aromatic N) is 1. The van der Waals surface area contributed by atoms with Crippen LogP contribution < -0.4 is 5.32 Å². The van der Waals surface area contributed by atoms with E-state index in [0.717, 1.165) is 4.47 Å². The first-order valence-corrected chi connectivity index (χ1v) is 6.35. The van der Waals surface area contributed by atoms with Crippen LogP contribution in [0.25, 0.3) is 0 Å². The summed E-state index contributed by atoms with van der Waals surface area (Å²) in [6.07, 6.45) is 3.50. The molecule has 0 aliphatic carbocycles. The van der Waals surface area contributed by atoms with Gasteiger partial charge in [-0.3, -0.25) is 9.78 Å². The molecule has 2 N–H and O–H groups in total. The highest BCUT2D eigenvalue weighted by atomic mass is 79.9. The van der Waals surface area contributed by atoms with E-state index in [0.29, 0.717) is 18.5 Å². The molecule has 0 radical (unpaired) electrons. The standard InChI is InChI=1S/C12H17BrN2O2/c1-8(3-9(2)16)5-15-12(17)10-4-11(13)7-14-6-10/h4,6-9,16H,3,5H2,1-2H3,(H,15,17). The van der Waals surface area contributed by atoms with Gasteiger partial charge in [-0.05, 0) is 41.3 Å². The zero-order valence-electron chi connectivity index (χ0n) is 9.98. The van der Waals surface area contributed by atoms with Crippen molar-refractivity contribution in [1.82, 2.24) is 10.3 Å². The number of rotatable bonds is 5. The van der Waals surface area contributed by atoms with Crippen molar-refractivity contribution in [3.8, 4) is 0 Å². The highest BCUT2D eigenvalue weighted by molar-refractivity contribution is 9.10. The van der Waals surface area contributed by atoms with Crippen LogP contribution in [0.2, 0.25) is 0 Å². The fourth-order valence-electron chi connectivity index (χ4n) is 1.57. The first kappa shape index (κ1) is 14.1. The fraction of sp³-hybridized carbons (Fsp3) is 0.500. The summed E-state index contributed by atoms with van der Waals surface area (Å²) in [7, 11) is 0. The molecular weight excluding hydrogens is 284 g/mol. The summed E-state index contributed by atoms with van der Waals surface area (Å²) in [4.78, 5) is 15.7. The van der Waals surface area contributed by atoms with Crippen LogP contribution in [0.4, 0.5) is 0 Å². The van der Waals surface area contributed by atoms with Gasteiger partial charge in [-0.15, -0.1) is 0 Å². The van der Waals surface area contributed by atoms with Gasteiger partial charge in [-0.2, -0.15) is 0 Å². The molecule has 4 nitrogen and oxygen atoms in total.